The van der Waals surface area contributed by atoms with Crippen LogP contribution in [0.4, 0.5) is 0 Å². The van der Waals surface area contributed by atoms with E-state index >= 15 is 0 Å². The summed E-state index contributed by atoms with van der Waals surface area (Å²) in [5.41, 5.74) is 3.20. The Hall–Kier alpha value is -1.88. The molecule has 0 radical (unpaired) electrons. The normalized spacial score (nSPS) is 18.6. The predicted molar refractivity (Wildman–Crippen MR) is 78.2 cm³/mol. The van der Waals surface area contributed by atoms with Gasteiger partial charge < -0.3 is 14.7 Å². The number of hydrogen-bond donors (Lipinski definition) is 1. The molecule has 1 fully saturated rings. The van der Waals surface area contributed by atoms with Gasteiger partial charge in [-0.3, -0.25) is 9.59 Å². The number of nitrogens with zero attached hydrogens (tertiary/aromatic N) is 1. The molecular weight excluding hydrogens is 270 g/mol. The summed E-state index contributed by atoms with van der Waals surface area (Å²) >= 11 is 0. The summed E-state index contributed by atoms with van der Waals surface area (Å²) in [6.07, 6.45) is 0.238. The highest BCUT2D eigenvalue weighted by Gasteiger charge is 2.29. The van der Waals surface area contributed by atoms with Gasteiger partial charge in [0.05, 0.1) is 32.1 Å². The smallest absolute Gasteiger partial charge is 0.305 e. The van der Waals surface area contributed by atoms with Crippen molar-refractivity contribution in [1.82, 2.24) is 4.90 Å². The van der Waals surface area contributed by atoms with Crippen LogP contribution in [0.2, 0.25) is 0 Å². The Bertz CT molecular complexity index is 541. The maximum atomic E-state index is 12.5. The number of benzene rings is 1. The van der Waals surface area contributed by atoms with Crippen LogP contribution in [0.1, 0.15) is 23.1 Å². The molecule has 0 bridgehead atoms. The number of ether oxygens (including phenoxy) is 1. The summed E-state index contributed by atoms with van der Waals surface area (Å²) in [7, 11) is 0. The van der Waals surface area contributed by atoms with E-state index in [9.17, 15) is 9.59 Å². The number of aryl methyl sites for hydroxylation is 2. The van der Waals surface area contributed by atoms with Crippen molar-refractivity contribution in [3.63, 3.8) is 0 Å². The van der Waals surface area contributed by atoms with E-state index in [0.717, 1.165) is 16.7 Å². The first kappa shape index (κ1) is 15.5. The summed E-state index contributed by atoms with van der Waals surface area (Å²) in [5.74, 6) is -0.937. The standard InChI is InChI=1S/C16H21NO4/c1-11-3-4-12(2)13(7-11)8-15(18)17-5-6-21-10-14(17)9-16(19)20/h3-4,7,14H,5-6,8-10H2,1-2H3,(H,19,20)/t14-/m1/s1. The van der Waals surface area contributed by atoms with Gasteiger partial charge in [-0.2, -0.15) is 0 Å². The molecule has 114 valence electrons. The molecule has 5 heteroatoms. The molecule has 1 N–H and O–H groups in total. The van der Waals surface area contributed by atoms with Crippen molar-refractivity contribution in [2.75, 3.05) is 19.8 Å². The van der Waals surface area contributed by atoms with Crippen molar-refractivity contribution < 1.29 is 19.4 Å². The lowest BCUT2D eigenvalue weighted by molar-refractivity contribution is -0.145. The molecule has 1 aliphatic rings. The minimum atomic E-state index is -0.907. The average molecular weight is 291 g/mol. The van der Waals surface area contributed by atoms with E-state index < -0.39 is 5.97 Å². The first-order valence-corrected chi connectivity index (χ1v) is 7.12. The molecule has 1 heterocycles. The zero-order chi connectivity index (χ0) is 15.4. The van der Waals surface area contributed by atoms with Crippen LogP contribution in [-0.4, -0.2) is 47.7 Å². The van der Waals surface area contributed by atoms with E-state index in [2.05, 4.69) is 0 Å². The molecule has 1 saturated heterocycles. The van der Waals surface area contributed by atoms with Crippen molar-refractivity contribution in [3.8, 4) is 0 Å². The van der Waals surface area contributed by atoms with Crippen molar-refractivity contribution in [3.05, 3.63) is 34.9 Å². The number of carboxylic acid groups (broad SMARTS) is 1. The molecule has 1 aliphatic heterocycles. The zero-order valence-corrected chi connectivity index (χ0v) is 12.5. The van der Waals surface area contributed by atoms with Crippen molar-refractivity contribution in [1.29, 1.82) is 0 Å². The Labute approximate surface area is 124 Å². The number of aliphatic carboxylic acids is 1. The van der Waals surface area contributed by atoms with Gasteiger partial charge in [-0.25, -0.2) is 0 Å². The lowest BCUT2D eigenvalue weighted by atomic mass is 10.0. The van der Waals surface area contributed by atoms with Crippen molar-refractivity contribution >= 4 is 11.9 Å². The topological polar surface area (TPSA) is 66.8 Å². The van der Waals surface area contributed by atoms with E-state index in [-0.39, 0.29) is 18.4 Å². The molecule has 0 aromatic heterocycles. The molecule has 5 nitrogen and oxygen atoms in total. The van der Waals surface area contributed by atoms with Crippen molar-refractivity contribution in [2.24, 2.45) is 0 Å². The first-order valence-electron chi connectivity index (χ1n) is 7.12. The lowest BCUT2D eigenvalue weighted by Gasteiger charge is -2.35. The van der Waals surface area contributed by atoms with Crippen LogP contribution in [0.15, 0.2) is 18.2 Å². The van der Waals surface area contributed by atoms with Crippen LogP contribution >= 0.6 is 0 Å². The van der Waals surface area contributed by atoms with Crippen LogP contribution in [0.25, 0.3) is 0 Å². The van der Waals surface area contributed by atoms with Crippen molar-refractivity contribution in [2.45, 2.75) is 32.7 Å². The maximum absolute atomic E-state index is 12.5. The van der Waals surface area contributed by atoms with Crippen LogP contribution in [0, 0.1) is 13.8 Å². The van der Waals surface area contributed by atoms with Gasteiger partial charge in [0.25, 0.3) is 0 Å². The van der Waals surface area contributed by atoms with Gasteiger partial charge in [0.15, 0.2) is 0 Å². The molecule has 1 amide bonds. The minimum absolute atomic E-state index is 0.0294. The molecule has 1 aromatic carbocycles. The van der Waals surface area contributed by atoms with Gasteiger partial charge in [-0.05, 0) is 25.0 Å². The van der Waals surface area contributed by atoms with E-state index in [1.807, 2.05) is 32.0 Å². The van der Waals surface area contributed by atoms with E-state index in [1.54, 1.807) is 4.90 Å². The zero-order valence-electron chi connectivity index (χ0n) is 12.5. The molecule has 1 atom stereocenters. The highest BCUT2D eigenvalue weighted by atomic mass is 16.5. The molecule has 0 unspecified atom stereocenters. The Morgan fingerprint density at radius 1 is 1.38 bits per heavy atom. The van der Waals surface area contributed by atoms with Crippen LogP contribution in [0.5, 0.6) is 0 Å². The number of hydrogen-bond acceptors (Lipinski definition) is 3. The summed E-state index contributed by atoms with van der Waals surface area (Å²) in [6.45, 7) is 5.20. The predicted octanol–water partition coefficient (Wildman–Crippen LogP) is 1.55. The Morgan fingerprint density at radius 3 is 2.86 bits per heavy atom. The van der Waals surface area contributed by atoms with Crippen LogP contribution in [0.3, 0.4) is 0 Å². The Kier molecular flexibility index (Phi) is 4.96. The summed E-state index contributed by atoms with van der Waals surface area (Å²) in [5, 5.41) is 8.94. The van der Waals surface area contributed by atoms with Gasteiger partial charge in [-0.15, -0.1) is 0 Å². The fourth-order valence-corrected chi connectivity index (χ4v) is 2.61. The van der Waals surface area contributed by atoms with Crippen LogP contribution < -0.4 is 0 Å². The Morgan fingerprint density at radius 2 is 2.14 bits per heavy atom. The third kappa shape index (κ3) is 4.04. The lowest BCUT2D eigenvalue weighted by Crippen LogP contribution is -2.50. The maximum Gasteiger partial charge on any atom is 0.305 e. The fourth-order valence-electron chi connectivity index (χ4n) is 2.61. The molecule has 2 rings (SSSR count). The van der Waals surface area contributed by atoms with Gasteiger partial charge in [0.1, 0.15) is 0 Å². The second-order valence-electron chi connectivity index (χ2n) is 5.52. The molecule has 21 heavy (non-hydrogen) atoms. The largest absolute Gasteiger partial charge is 0.481 e. The quantitative estimate of drug-likeness (QED) is 0.914. The monoisotopic (exact) mass is 291 g/mol. The third-order valence-corrected chi connectivity index (χ3v) is 3.80. The molecule has 1 aromatic rings. The number of morpholine rings is 1. The summed E-state index contributed by atoms with van der Waals surface area (Å²) < 4.78 is 5.30. The molecular formula is C16H21NO4. The highest BCUT2D eigenvalue weighted by Crippen LogP contribution is 2.16. The fraction of sp³-hybridized carbons (Fsp3) is 0.500. The average Bonchev–Trinajstić information content (AvgIpc) is 2.42. The Balaban J connectivity index is 2.10. The highest BCUT2D eigenvalue weighted by molar-refractivity contribution is 5.80. The SMILES string of the molecule is Cc1ccc(C)c(CC(=O)N2CCOC[C@H]2CC(=O)O)c1. The first-order chi connectivity index (χ1) is 9.97. The minimum Gasteiger partial charge on any atom is -0.481 e. The van der Waals surface area contributed by atoms with Gasteiger partial charge >= 0.3 is 5.97 Å². The molecule has 0 aliphatic carbocycles. The van der Waals surface area contributed by atoms with Gasteiger partial charge in [0.2, 0.25) is 5.91 Å². The van der Waals surface area contributed by atoms with E-state index in [0.29, 0.717) is 26.2 Å². The number of carboxylic acids is 1. The number of carbonyl (C=O) groups is 2. The van der Waals surface area contributed by atoms with Gasteiger partial charge in [0, 0.05) is 6.54 Å². The number of rotatable bonds is 4. The van der Waals surface area contributed by atoms with Gasteiger partial charge in [-0.1, -0.05) is 23.8 Å². The van der Waals surface area contributed by atoms with Crippen LogP contribution in [-0.2, 0) is 20.7 Å². The second-order valence-corrected chi connectivity index (χ2v) is 5.52. The summed E-state index contributed by atoms with van der Waals surface area (Å²) in [6, 6.07) is 5.67. The number of amides is 1. The molecule has 0 spiro atoms. The number of carbonyl (C=O) groups excluding carboxylic acids is 1. The van der Waals surface area contributed by atoms with E-state index in [4.69, 9.17) is 9.84 Å². The third-order valence-electron chi connectivity index (χ3n) is 3.80. The molecule has 0 saturated carbocycles. The van der Waals surface area contributed by atoms with E-state index in [1.165, 1.54) is 0 Å². The summed E-state index contributed by atoms with van der Waals surface area (Å²) in [4.78, 5) is 25.1. The second kappa shape index (κ2) is 6.72.